The van der Waals surface area contributed by atoms with Crippen LogP contribution in [-0.2, 0) is 0 Å². The number of hydrogen-bond donors (Lipinski definition) is 0. The third-order valence-corrected chi connectivity index (χ3v) is 24.4. The Morgan fingerprint density at radius 1 is 0.214 bits per heavy atom. The molecule has 0 spiro atoms. The average Bonchev–Trinajstić information content (AvgIpc) is 3.95. The zero-order valence-electron chi connectivity index (χ0n) is 38.6. The van der Waals surface area contributed by atoms with Crippen molar-refractivity contribution in [3.05, 3.63) is 291 Å². The number of para-hydroxylation sites is 3. The molecule has 0 radical (unpaired) electrons. The number of fused-ring (bicyclic) bond motifs is 6. The minimum Gasteiger partial charge on any atom is -0.309 e. The van der Waals surface area contributed by atoms with Crippen LogP contribution >= 0.6 is 0 Å². The van der Waals surface area contributed by atoms with Crippen LogP contribution in [0.4, 0.5) is 0 Å². The topological polar surface area (TPSA) is 9.86 Å². The Hall–Kier alpha value is -8.55. The van der Waals surface area contributed by atoms with Gasteiger partial charge in [0.25, 0.3) is 0 Å². The third kappa shape index (κ3) is 6.38. The Morgan fingerprint density at radius 2 is 0.586 bits per heavy atom. The summed E-state index contributed by atoms with van der Waals surface area (Å²) in [6.45, 7) is 0. The summed E-state index contributed by atoms with van der Waals surface area (Å²) in [7, 11) is -5.71. The van der Waals surface area contributed by atoms with E-state index in [4.69, 9.17) is 0 Å². The first-order valence-corrected chi connectivity index (χ1v) is 28.3. The van der Waals surface area contributed by atoms with E-state index in [9.17, 15) is 0 Å². The molecular formula is C66H48N2Si2. The van der Waals surface area contributed by atoms with Crippen LogP contribution in [0.3, 0.4) is 0 Å². The maximum atomic E-state index is 2.56. The summed E-state index contributed by atoms with van der Waals surface area (Å²) in [4.78, 5) is 0. The van der Waals surface area contributed by atoms with E-state index in [0.29, 0.717) is 0 Å². The van der Waals surface area contributed by atoms with E-state index >= 15 is 0 Å². The predicted molar refractivity (Wildman–Crippen MR) is 302 cm³/mol. The summed E-state index contributed by atoms with van der Waals surface area (Å²) in [5, 5.41) is 15.8. The highest BCUT2D eigenvalue weighted by atomic mass is 28.3. The summed E-state index contributed by atoms with van der Waals surface area (Å²) >= 11 is 0. The van der Waals surface area contributed by atoms with Gasteiger partial charge in [0.15, 0.2) is 16.1 Å². The first kappa shape index (κ1) is 41.6. The van der Waals surface area contributed by atoms with Crippen LogP contribution < -0.4 is 41.5 Å². The summed E-state index contributed by atoms with van der Waals surface area (Å²) in [5.74, 6) is 0. The zero-order chi connectivity index (χ0) is 46.5. The molecule has 0 aliphatic rings. The quantitative estimate of drug-likeness (QED) is 0.0956. The second-order valence-electron chi connectivity index (χ2n) is 18.4. The number of nitrogens with zero attached hydrogens (tertiary/aromatic N) is 2. The summed E-state index contributed by atoms with van der Waals surface area (Å²) in [6, 6.07) is 109. The van der Waals surface area contributed by atoms with Crippen molar-refractivity contribution in [1.29, 1.82) is 0 Å². The van der Waals surface area contributed by atoms with Crippen LogP contribution in [0.5, 0.6) is 0 Å². The SMILES string of the molecule is c1ccc([Si](c2ccccc2)(c2ccccc2)c2ccc3c(c2)c2ccccc2n3-c2ccc3c4ccccc4n(-c4ccccc4[Si](c4ccccc4)(c4ccccc4)c4ccccc4)c3c2)cc1. The van der Waals surface area contributed by atoms with Crippen molar-refractivity contribution in [1.82, 2.24) is 9.13 Å². The van der Waals surface area contributed by atoms with Crippen molar-refractivity contribution < 1.29 is 0 Å². The number of aromatic nitrogens is 2. The highest BCUT2D eigenvalue weighted by molar-refractivity contribution is 7.20. The second-order valence-corrected chi connectivity index (χ2v) is 25.9. The second kappa shape index (κ2) is 17.2. The highest BCUT2D eigenvalue weighted by Crippen LogP contribution is 2.37. The molecule has 13 rings (SSSR count). The molecule has 4 heteroatoms. The molecule has 0 aliphatic heterocycles. The molecule has 2 nitrogen and oxygen atoms in total. The Balaban J connectivity index is 1.08. The van der Waals surface area contributed by atoms with E-state index in [1.807, 2.05) is 0 Å². The molecular weight excluding hydrogens is 877 g/mol. The molecule has 2 aromatic heterocycles. The monoisotopic (exact) mass is 924 g/mol. The minimum atomic E-state index is -2.93. The fourth-order valence-corrected chi connectivity index (χ4v) is 21.6. The van der Waals surface area contributed by atoms with Gasteiger partial charge in [-0.1, -0.05) is 255 Å². The maximum Gasteiger partial charge on any atom is 0.181 e. The zero-order valence-corrected chi connectivity index (χ0v) is 40.6. The van der Waals surface area contributed by atoms with E-state index in [1.165, 1.54) is 90.8 Å². The predicted octanol–water partition coefficient (Wildman–Crippen LogP) is 10.6. The molecule has 0 fully saturated rings. The third-order valence-electron chi connectivity index (χ3n) is 14.8. The first-order valence-electron chi connectivity index (χ1n) is 24.3. The molecule has 70 heavy (non-hydrogen) atoms. The molecule has 0 saturated heterocycles. The van der Waals surface area contributed by atoms with Crippen LogP contribution in [0.2, 0.25) is 0 Å². The van der Waals surface area contributed by atoms with Crippen molar-refractivity contribution in [3.63, 3.8) is 0 Å². The normalized spacial score (nSPS) is 12.0. The summed E-state index contributed by atoms with van der Waals surface area (Å²) < 4.78 is 5.06. The van der Waals surface area contributed by atoms with E-state index in [0.717, 1.165) is 5.69 Å². The van der Waals surface area contributed by atoms with Crippen molar-refractivity contribution >= 4 is 101 Å². The van der Waals surface area contributed by atoms with Gasteiger partial charge in [0.1, 0.15) is 0 Å². The van der Waals surface area contributed by atoms with Gasteiger partial charge in [-0.2, -0.15) is 0 Å². The van der Waals surface area contributed by atoms with E-state index in [2.05, 4.69) is 300 Å². The Kier molecular flexibility index (Phi) is 10.2. The average molecular weight is 925 g/mol. The number of benzene rings is 11. The van der Waals surface area contributed by atoms with Crippen LogP contribution in [0.25, 0.3) is 55.0 Å². The van der Waals surface area contributed by atoms with E-state index in [-0.39, 0.29) is 0 Å². The largest absolute Gasteiger partial charge is 0.309 e. The molecule has 330 valence electrons. The van der Waals surface area contributed by atoms with Gasteiger partial charge in [0.2, 0.25) is 0 Å². The number of hydrogen-bond acceptors (Lipinski definition) is 0. The lowest BCUT2D eigenvalue weighted by molar-refractivity contribution is 1.16. The lowest BCUT2D eigenvalue weighted by Crippen LogP contribution is -2.75. The van der Waals surface area contributed by atoms with Gasteiger partial charge < -0.3 is 9.13 Å². The van der Waals surface area contributed by atoms with Crippen molar-refractivity contribution in [2.45, 2.75) is 0 Å². The molecule has 0 unspecified atom stereocenters. The molecule has 11 aromatic carbocycles. The van der Waals surface area contributed by atoms with Gasteiger partial charge in [-0.05, 0) is 77.9 Å². The maximum absolute atomic E-state index is 2.93. The van der Waals surface area contributed by atoms with Gasteiger partial charge in [-0.15, -0.1) is 0 Å². The van der Waals surface area contributed by atoms with Crippen LogP contribution in [0.1, 0.15) is 0 Å². The Labute approximate surface area is 410 Å². The van der Waals surface area contributed by atoms with E-state index in [1.54, 1.807) is 0 Å². The van der Waals surface area contributed by atoms with Crippen molar-refractivity contribution in [2.24, 2.45) is 0 Å². The van der Waals surface area contributed by atoms with Gasteiger partial charge in [0, 0.05) is 32.9 Å². The molecule has 0 amide bonds. The molecule has 0 atom stereocenters. The van der Waals surface area contributed by atoms with Gasteiger partial charge in [-0.3, -0.25) is 0 Å². The van der Waals surface area contributed by atoms with Crippen molar-refractivity contribution in [2.75, 3.05) is 0 Å². The summed E-state index contributed by atoms with van der Waals surface area (Å²) in [5.41, 5.74) is 7.07. The molecule has 0 N–H and O–H groups in total. The standard InChI is InChI=1S/C66H48N2Si2/c1-7-25-50(26-8-1)69(51-27-9-2-10-28-51,52-29-11-3-12-30-52)56-44-46-63-60(48-56)58-38-20-21-39-61(58)67(63)49-43-45-59-57-37-19-22-40-62(57)68(65(59)47-49)64-41-23-24-42-66(64)70(53-31-13-4-14-32-53,54-33-15-5-16-34-54)55-35-17-6-18-36-55/h1-48H. The first-order chi connectivity index (χ1) is 34.8. The minimum absolute atomic E-state index is 1.13. The van der Waals surface area contributed by atoms with Gasteiger partial charge >= 0.3 is 0 Å². The van der Waals surface area contributed by atoms with E-state index < -0.39 is 16.1 Å². The highest BCUT2D eigenvalue weighted by Gasteiger charge is 2.44. The molecule has 0 aliphatic carbocycles. The lowest BCUT2D eigenvalue weighted by atomic mass is 10.1. The van der Waals surface area contributed by atoms with Crippen molar-refractivity contribution in [3.8, 4) is 11.4 Å². The molecule has 13 aromatic rings. The molecule has 0 bridgehead atoms. The fourth-order valence-electron chi connectivity index (χ4n) is 11.9. The van der Waals surface area contributed by atoms with Gasteiger partial charge in [-0.25, -0.2) is 0 Å². The van der Waals surface area contributed by atoms with Gasteiger partial charge in [0.05, 0.1) is 22.1 Å². The fraction of sp³-hybridized carbons (Fsp3) is 0. The molecule has 2 heterocycles. The molecule has 0 saturated carbocycles. The summed E-state index contributed by atoms with van der Waals surface area (Å²) in [6.07, 6.45) is 0. The smallest absolute Gasteiger partial charge is 0.181 e. The lowest BCUT2D eigenvalue weighted by Gasteiger charge is -2.36. The Bertz CT molecular complexity index is 3790. The number of rotatable bonds is 10. The van der Waals surface area contributed by atoms with Crippen LogP contribution in [-0.4, -0.2) is 25.3 Å². The Morgan fingerprint density at radius 3 is 1.09 bits per heavy atom. The van der Waals surface area contributed by atoms with Crippen LogP contribution in [0.15, 0.2) is 291 Å². The van der Waals surface area contributed by atoms with Crippen LogP contribution in [0, 0.1) is 0 Å².